The maximum atomic E-state index is 13.4. The first-order valence-corrected chi connectivity index (χ1v) is 11.9. The Bertz CT molecular complexity index is 918. The largest absolute Gasteiger partial charge is 0.368 e. The summed E-state index contributed by atoms with van der Waals surface area (Å²) >= 11 is 0. The maximum Gasteiger partial charge on any atom is 0.231 e. The van der Waals surface area contributed by atoms with Crippen molar-refractivity contribution in [1.29, 1.82) is 0 Å². The average molecular weight is 418 g/mol. The Morgan fingerprint density at radius 1 is 0.871 bits per heavy atom. The quantitative estimate of drug-likeness (QED) is 0.816. The Hall–Kier alpha value is -2.63. The second-order valence-corrected chi connectivity index (χ2v) is 10.2. The van der Waals surface area contributed by atoms with E-state index in [1.165, 1.54) is 24.9 Å². The van der Waals surface area contributed by atoms with Crippen LogP contribution in [0.15, 0.2) is 42.7 Å². The fourth-order valence-electron chi connectivity index (χ4n) is 7.06. The summed E-state index contributed by atoms with van der Waals surface area (Å²) in [7, 11) is 0. The maximum absolute atomic E-state index is 13.4. The van der Waals surface area contributed by atoms with E-state index in [0.29, 0.717) is 5.82 Å². The molecule has 162 valence electrons. The molecule has 1 aliphatic heterocycles. The summed E-state index contributed by atoms with van der Waals surface area (Å²) in [4.78, 5) is 27.0. The summed E-state index contributed by atoms with van der Waals surface area (Å²) in [6.45, 7) is 3.74. The van der Waals surface area contributed by atoms with Gasteiger partial charge in [0.2, 0.25) is 5.91 Å². The number of hydrogen-bond acceptors (Lipinski definition) is 5. The predicted octanol–water partition coefficient (Wildman–Crippen LogP) is 3.96. The van der Waals surface area contributed by atoms with E-state index in [1.807, 2.05) is 6.07 Å². The standard InChI is InChI=1S/C25H31N5O/c31-24(25-14-18-10-19(15-25)12-20(11-18)16-25)28-22-13-23(27-17-26-22)30-8-6-29(7-9-30)21-4-2-1-3-5-21/h1-5,13,17-20H,6-12,14-16H2,(H,26,27,28,31). The molecule has 4 aliphatic carbocycles. The molecule has 2 heterocycles. The molecule has 0 unspecified atom stereocenters. The van der Waals surface area contributed by atoms with Gasteiger partial charge in [-0.2, -0.15) is 0 Å². The van der Waals surface area contributed by atoms with Crippen LogP contribution in [-0.2, 0) is 4.79 Å². The molecule has 5 aliphatic rings. The van der Waals surface area contributed by atoms with Gasteiger partial charge in [0, 0.05) is 37.9 Å². The molecule has 1 N–H and O–H groups in total. The van der Waals surface area contributed by atoms with Crippen molar-refractivity contribution in [3.8, 4) is 0 Å². The van der Waals surface area contributed by atoms with Gasteiger partial charge in [0.15, 0.2) is 0 Å². The molecule has 2 aromatic rings. The number of nitrogens with zero attached hydrogens (tertiary/aromatic N) is 4. The first kappa shape index (κ1) is 19.1. The molecule has 4 bridgehead atoms. The van der Waals surface area contributed by atoms with Crippen molar-refractivity contribution < 1.29 is 4.79 Å². The number of aromatic nitrogens is 2. The van der Waals surface area contributed by atoms with Crippen LogP contribution in [0.1, 0.15) is 38.5 Å². The van der Waals surface area contributed by atoms with Gasteiger partial charge in [-0.05, 0) is 68.4 Å². The highest BCUT2D eigenvalue weighted by atomic mass is 16.2. The molecule has 7 rings (SSSR count). The Morgan fingerprint density at radius 3 is 2.13 bits per heavy atom. The fraction of sp³-hybridized carbons (Fsp3) is 0.560. The van der Waals surface area contributed by atoms with Crippen LogP contribution in [0.25, 0.3) is 0 Å². The van der Waals surface area contributed by atoms with Crippen LogP contribution in [-0.4, -0.2) is 42.1 Å². The topological polar surface area (TPSA) is 61.4 Å². The lowest BCUT2D eigenvalue weighted by Gasteiger charge is -2.55. The van der Waals surface area contributed by atoms with Gasteiger partial charge in [-0.1, -0.05) is 18.2 Å². The van der Waals surface area contributed by atoms with Gasteiger partial charge in [-0.3, -0.25) is 4.79 Å². The number of para-hydroxylation sites is 1. The molecule has 1 aromatic heterocycles. The summed E-state index contributed by atoms with van der Waals surface area (Å²) in [5.41, 5.74) is 1.12. The summed E-state index contributed by atoms with van der Waals surface area (Å²) in [6, 6.07) is 12.5. The monoisotopic (exact) mass is 417 g/mol. The number of amides is 1. The van der Waals surface area contributed by atoms with Crippen LogP contribution in [0.2, 0.25) is 0 Å². The van der Waals surface area contributed by atoms with Crippen LogP contribution in [0.3, 0.4) is 0 Å². The van der Waals surface area contributed by atoms with E-state index in [2.05, 4.69) is 55.4 Å². The highest BCUT2D eigenvalue weighted by Crippen LogP contribution is 2.60. The zero-order valence-electron chi connectivity index (χ0n) is 18.0. The minimum absolute atomic E-state index is 0.152. The Balaban J connectivity index is 1.12. The van der Waals surface area contributed by atoms with Crippen molar-refractivity contribution in [1.82, 2.24) is 9.97 Å². The lowest BCUT2D eigenvalue weighted by Crippen LogP contribution is -2.51. The SMILES string of the molecule is O=C(Nc1cc(N2CCN(c3ccccc3)CC2)ncn1)C12CC3CC(CC(C3)C1)C2. The second kappa shape index (κ2) is 7.50. The summed E-state index contributed by atoms with van der Waals surface area (Å²) in [6.07, 6.45) is 8.85. The van der Waals surface area contributed by atoms with Crippen LogP contribution in [0.4, 0.5) is 17.3 Å². The van der Waals surface area contributed by atoms with Crippen LogP contribution in [0, 0.1) is 23.2 Å². The van der Waals surface area contributed by atoms with E-state index < -0.39 is 0 Å². The van der Waals surface area contributed by atoms with Gasteiger partial charge in [-0.15, -0.1) is 0 Å². The lowest BCUT2D eigenvalue weighted by molar-refractivity contribution is -0.140. The molecule has 1 amide bonds. The van der Waals surface area contributed by atoms with E-state index in [1.54, 1.807) is 6.33 Å². The minimum atomic E-state index is -0.152. The highest BCUT2D eigenvalue weighted by Gasteiger charge is 2.54. The van der Waals surface area contributed by atoms with Gasteiger partial charge < -0.3 is 15.1 Å². The van der Waals surface area contributed by atoms with Crippen LogP contribution < -0.4 is 15.1 Å². The number of anilines is 3. The molecular weight excluding hydrogens is 386 g/mol. The van der Waals surface area contributed by atoms with Crippen LogP contribution in [0.5, 0.6) is 0 Å². The van der Waals surface area contributed by atoms with E-state index in [0.717, 1.165) is 69.0 Å². The van der Waals surface area contributed by atoms with Crippen molar-refractivity contribution in [2.45, 2.75) is 38.5 Å². The van der Waals surface area contributed by atoms with Crippen molar-refractivity contribution in [2.24, 2.45) is 23.2 Å². The molecule has 6 heteroatoms. The Labute approximate surface area is 184 Å². The van der Waals surface area contributed by atoms with E-state index in [9.17, 15) is 4.79 Å². The number of rotatable bonds is 4. The summed E-state index contributed by atoms with van der Waals surface area (Å²) in [5.74, 6) is 4.04. The second-order valence-electron chi connectivity index (χ2n) is 10.2. The zero-order chi connectivity index (χ0) is 20.8. The lowest BCUT2D eigenvalue weighted by atomic mass is 9.49. The van der Waals surface area contributed by atoms with Gasteiger partial charge >= 0.3 is 0 Å². The first-order valence-electron chi connectivity index (χ1n) is 11.9. The summed E-state index contributed by atoms with van der Waals surface area (Å²) < 4.78 is 0. The molecule has 0 spiro atoms. The van der Waals surface area contributed by atoms with Crippen molar-refractivity contribution in [2.75, 3.05) is 41.3 Å². The molecule has 5 fully saturated rings. The van der Waals surface area contributed by atoms with Gasteiger partial charge in [0.1, 0.15) is 18.0 Å². The minimum Gasteiger partial charge on any atom is -0.368 e. The van der Waals surface area contributed by atoms with Crippen molar-refractivity contribution in [3.63, 3.8) is 0 Å². The number of hydrogen-bond donors (Lipinski definition) is 1. The Morgan fingerprint density at radius 2 is 1.48 bits per heavy atom. The number of carbonyl (C=O) groups is 1. The number of carbonyl (C=O) groups excluding carboxylic acids is 1. The molecular formula is C25H31N5O. The number of piperazine rings is 1. The van der Waals surface area contributed by atoms with E-state index >= 15 is 0 Å². The van der Waals surface area contributed by atoms with Crippen molar-refractivity contribution in [3.05, 3.63) is 42.7 Å². The van der Waals surface area contributed by atoms with Gasteiger partial charge in [0.05, 0.1) is 5.41 Å². The third kappa shape index (κ3) is 3.56. The van der Waals surface area contributed by atoms with Gasteiger partial charge in [0.25, 0.3) is 0 Å². The first-order chi connectivity index (χ1) is 15.2. The zero-order valence-corrected chi connectivity index (χ0v) is 18.0. The van der Waals surface area contributed by atoms with Crippen molar-refractivity contribution >= 4 is 23.2 Å². The van der Waals surface area contributed by atoms with E-state index in [4.69, 9.17) is 0 Å². The predicted molar refractivity (Wildman–Crippen MR) is 122 cm³/mol. The van der Waals surface area contributed by atoms with Gasteiger partial charge in [-0.25, -0.2) is 9.97 Å². The molecule has 31 heavy (non-hydrogen) atoms. The normalized spacial score (nSPS) is 31.7. The molecule has 1 saturated heterocycles. The third-order valence-electron chi connectivity index (χ3n) is 8.14. The highest BCUT2D eigenvalue weighted by molar-refractivity contribution is 5.95. The molecule has 0 atom stereocenters. The average Bonchev–Trinajstić information content (AvgIpc) is 2.79. The number of benzene rings is 1. The van der Waals surface area contributed by atoms with Crippen LogP contribution >= 0.6 is 0 Å². The molecule has 0 radical (unpaired) electrons. The third-order valence-corrected chi connectivity index (χ3v) is 8.14. The molecule has 1 aromatic carbocycles. The Kier molecular flexibility index (Phi) is 4.62. The summed E-state index contributed by atoms with van der Waals surface area (Å²) in [5, 5.41) is 3.19. The molecule has 4 saturated carbocycles. The molecule has 6 nitrogen and oxygen atoms in total. The number of nitrogens with one attached hydrogen (secondary N) is 1. The van der Waals surface area contributed by atoms with E-state index in [-0.39, 0.29) is 11.3 Å². The smallest absolute Gasteiger partial charge is 0.231 e. The fourth-order valence-corrected chi connectivity index (χ4v) is 7.06.